The highest BCUT2D eigenvalue weighted by atomic mass is 16.2. The highest BCUT2D eigenvalue weighted by Gasteiger charge is 2.07. The summed E-state index contributed by atoms with van der Waals surface area (Å²) in [6, 6.07) is -0.127. The molecule has 0 bridgehead atoms. The van der Waals surface area contributed by atoms with Crippen LogP contribution in [0, 0.1) is 0 Å². The van der Waals surface area contributed by atoms with Gasteiger partial charge in [0.25, 0.3) is 0 Å². The number of urea groups is 1. The third-order valence-electron chi connectivity index (χ3n) is 2.18. The average Bonchev–Trinajstić information content (AvgIpc) is 2.25. The van der Waals surface area contributed by atoms with Gasteiger partial charge in [0.05, 0.1) is 0 Å². The van der Waals surface area contributed by atoms with Gasteiger partial charge >= 0.3 is 6.03 Å². The summed E-state index contributed by atoms with van der Waals surface area (Å²) in [5.41, 5.74) is 0.855. The largest absolute Gasteiger partial charge is 0.343 e. The van der Waals surface area contributed by atoms with Gasteiger partial charge in [0.15, 0.2) is 0 Å². The molecule has 15 heavy (non-hydrogen) atoms. The minimum Gasteiger partial charge on any atom is -0.323 e. The van der Waals surface area contributed by atoms with Crippen molar-refractivity contribution in [2.45, 2.75) is 40.5 Å². The molecule has 0 radical (unpaired) electrons. The third kappa shape index (κ3) is 5.35. The van der Waals surface area contributed by atoms with Crippen LogP contribution in [0.2, 0.25) is 0 Å². The van der Waals surface area contributed by atoms with Gasteiger partial charge < -0.3 is 4.90 Å². The first-order valence-corrected chi connectivity index (χ1v) is 5.72. The molecular weight excluding hydrogens is 188 g/mol. The maximum Gasteiger partial charge on any atom is 0.343 e. The first-order chi connectivity index (χ1) is 7.19. The summed E-state index contributed by atoms with van der Waals surface area (Å²) in [5.74, 6) is 0. The zero-order chi connectivity index (χ0) is 11.7. The van der Waals surface area contributed by atoms with Gasteiger partial charge in [0.2, 0.25) is 0 Å². The fourth-order valence-electron chi connectivity index (χ4n) is 1.18. The van der Waals surface area contributed by atoms with E-state index in [9.17, 15) is 4.79 Å². The number of hydrogen-bond donors (Lipinski definition) is 0. The Bertz CT molecular complexity index is 240. The molecule has 0 saturated heterocycles. The maximum atomic E-state index is 11.6. The summed E-state index contributed by atoms with van der Waals surface area (Å²) in [4.78, 5) is 17.5. The lowest BCUT2D eigenvalue weighted by Gasteiger charge is -2.15. The Morgan fingerprint density at radius 1 is 1.20 bits per heavy atom. The second kappa shape index (κ2) is 8.21. The fourth-order valence-corrected chi connectivity index (χ4v) is 1.18. The van der Waals surface area contributed by atoms with Gasteiger partial charge in [-0.1, -0.05) is 19.9 Å². The molecule has 0 N–H and O–H groups in total. The van der Waals surface area contributed by atoms with Crippen LogP contribution < -0.4 is 0 Å². The lowest BCUT2D eigenvalue weighted by atomic mass is 10.2. The van der Waals surface area contributed by atoms with Crippen molar-refractivity contribution in [1.29, 1.82) is 0 Å². The van der Waals surface area contributed by atoms with Crippen LogP contribution in [0.5, 0.6) is 0 Å². The fraction of sp³-hybridized carbons (Fsp3) is 0.667. The van der Waals surface area contributed by atoms with Crippen molar-refractivity contribution < 1.29 is 4.79 Å². The molecule has 0 aliphatic rings. The lowest BCUT2D eigenvalue weighted by Crippen LogP contribution is -2.28. The average molecular weight is 210 g/mol. The summed E-state index contributed by atoms with van der Waals surface area (Å²) in [7, 11) is 0. The number of allylic oxidation sites excluding steroid dienone is 2. The maximum absolute atomic E-state index is 11.6. The molecular formula is C12H22N2O. The molecule has 0 aromatic heterocycles. The zero-order valence-corrected chi connectivity index (χ0v) is 10.3. The first kappa shape index (κ1) is 13.9. The number of rotatable bonds is 5. The van der Waals surface area contributed by atoms with Gasteiger partial charge in [-0.25, -0.2) is 4.79 Å². The summed E-state index contributed by atoms with van der Waals surface area (Å²) in [6.45, 7) is 9.43. The Hall–Kier alpha value is -1.12. The van der Waals surface area contributed by atoms with Crippen molar-refractivity contribution in [3.05, 3.63) is 12.2 Å². The molecule has 3 nitrogen and oxygen atoms in total. The minimum atomic E-state index is -0.127. The van der Waals surface area contributed by atoms with E-state index in [1.54, 1.807) is 4.90 Å². The van der Waals surface area contributed by atoms with Crippen LogP contribution in [-0.4, -0.2) is 29.7 Å². The molecule has 0 aromatic rings. The van der Waals surface area contributed by atoms with Crippen molar-refractivity contribution in [3.8, 4) is 0 Å². The topological polar surface area (TPSA) is 32.7 Å². The van der Waals surface area contributed by atoms with Crippen molar-refractivity contribution in [2.24, 2.45) is 4.99 Å². The van der Waals surface area contributed by atoms with Gasteiger partial charge in [-0.2, -0.15) is 4.99 Å². The van der Waals surface area contributed by atoms with Crippen molar-refractivity contribution in [1.82, 2.24) is 4.90 Å². The van der Waals surface area contributed by atoms with Gasteiger partial charge in [0, 0.05) is 18.8 Å². The van der Waals surface area contributed by atoms with E-state index in [1.807, 2.05) is 32.9 Å². The smallest absolute Gasteiger partial charge is 0.323 e. The predicted molar refractivity (Wildman–Crippen MR) is 65.5 cm³/mol. The molecule has 0 rings (SSSR count). The SMILES string of the molecule is CC/C=C\C(CC)=NC(=O)N(CC)CC. The molecule has 0 aliphatic heterocycles. The summed E-state index contributed by atoms with van der Waals surface area (Å²) < 4.78 is 0. The summed E-state index contributed by atoms with van der Waals surface area (Å²) in [6.07, 6.45) is 5.72. The van der Waals surface area contributed by atoms with Crippen LogP contribution in [0.15, 0.2) is 17.1 Å². The standard InChI is InChI=1S/C12H22N2O/c1-5-9-10-11(6-2)13-12(15)14(7-3)8-4/h9-10H,5-8H2,1-4H3/b10-9-,13-11?. The molecule has 0 heterocycles. The van der Waals surface area contributed by atoms with E-state index in [0.29, 0.717) is 13.1 Å². The predicted octanol–water partition coefficient (Wildman–Crippen LogP) is 3.27. The van der Waals surface area contributed by atoms with Crippen molar-refractivity contribution >= 4 is 11.7 Å². The van der Waals surface area contributed by atoms with E-state index in [4.69, 9.17) is 0 Å². The normalized spacial score (nSPS) is 12.1. The number of hydrogen-bond acceptors (Lipinski definition) is 1. The molecule has 0 fully saturated rings. The monoisotopic (exact) mass is 210 g/mol. The first-order valence-electron chi connectivity index (χ1n) is 5.72. The van der Waals surface area contributed by atoms with Gasteiger partial charge in [0.1, 0.15) is 0 Å². The lowest BCUT2D eigenvalue weighted by molar-refractivity contribution is 0.213. The van der Waals surface area contributed by atoms with Crippen LogP contribution in [0.3, 0.4) is 0 Å². The van der Waals surface area contributed by atoms with E-state index in [0.717, 1.165) is 18.6 Å². The molecule has 0 unspecified atom stereocenters. The zero-order valence-electron chi connectivity index (χ0n) is 10.3. The molecule has 0 saturated carbocycles. The molecule has 3 heteroatoms. The van der Waals surface area contributed by atoms with Gasteiger partial charge in [-0.05, 0) is 32.8 Å². The second-order valence-electron chi connectivity index (χ2n) is 3.22. The van der Waals surface area contributed by atoms with E-state index < -0.39 is 0 Å². The molecule has 0 aromatic carbocycles. The van der Waals surface area contributed by atoms with E-state index >= 15 is 0 Å². The molecule has 0 aliphatic carbocycles. The van der Waals surface area contributed by atoms with Crippen LogP contribution in [-0.2, 0) is 0 Å². The number of nitrogens with zero attached hydrogens (tertiary/aromatic N) is 2. The summed E-state index contributed by atoms with van der Waals surface area (Å²) in [5, 5.41) is 0. The second-order valence-corrected chi connectivity index (χ2v) is 3.22. The van der Waals surface area contributed by atoms with Gasteiger partial charge in [-0.15, -0.1) is 0 Å². The molecule has 0 atom stereocenters. The van der Waals surface area contributed by atoms with Crippen LogP contribution in [0.4, 0.5) is 4.79 Å². The van der Waals surface area contributed by atoms with Crippen molar-refractivity contribution in [2.75, 3.05) is 13.1 Å². The number of carbonyl (C=O) groups excluding carboxylic acids is 1. The van der Waals surface area contributed by atoms with E-state index in [2.05, 4.69) is 11.9 Å². The van der Waals surface area contributed by atoms with Crippen LogP contribution in [0.1, 0.15) is 40.5 Å². The number of aliphatic imine (C=N–C) groups is 1. The summed E-state index contributed by atoms with van der Waals surface area (Å²) >= 11 is 0. The quantitative estimate of drug-likeness (QED) is 0.641. The van der Waals surface area contributed by atoms with E-state index in [1.165, 1.54) is 0 Å². The van der Waals surface area contributed by atoms with Gasteiger partial charge in [-0.3, -0.25) is 0 Å². The van der Waals surface area contributed by atoms with Crippen molar-refractivity contribution in [3.63, 3.8) is 0 Å². The highest BCUT2D eigenvalue weighted by molar-refractivity contribution is 6.01. The number of amides is 2. The Morgan fingerprint density at radius 3 is 2.20 bits per heavy atom. The Balaban J connectivity index is 4.53. The molecule has 0 spiro atoms. The van der Waals surface area contributed by atoms with Crippen LogP contribution >= 0.6 is 0 Å². The Kier molecular flexibility index (Phi) is 7.60. The minimum absolute atomic E-state index is 0.127. The molecule has 2 amide bonds. The Labute approximate surface area is 92.9 Å². The number of carbonyl (C=O) groups is 1. The Morgan fingerprint density at radius 2 is 1.80 bits per heavy atom. The highest BCUT2D eigenvalue weighted by Crippen LogP contribution is 1.97. The molecule has 86 valence electrons. The van der Waals surface area contributed by atoms with E-state index in [-0.39, 0.29) is 6.03 Å². The third-order valence-corrected chi connectivity index (χ3v) is 2.18. The van der Waals surface area contributed by atoms with Crippen LogP contribution in [0.25, 0.3) is 0 Å².